The predicted octanol–water partition coefficient (Wildman–Crippen LogP) is 4.18. The highest BCUT2D eigenvalue weighted by Crippen LogP contribution is 2.51. The van der Waals surface area contributed by atoms with E-state index in [4.69, 9.17) is 0 Å². The molecule has 1 atom stereocenters. The highest BCUT2D eigenvalue weighted by molar-refractivity contribution is 6.85. The molecule has 0 nitrogen and oxygen atoms in total. The van der Waals surface area contributed by atoms with Crippen LogP contribution >= 0.6 is 0 Å². The molecule has 0 aliphatic carbocycles. The molecule has 0 saturated carbocycles. The van der Waals surface area contributed by atoms with Crippen molar-refractivity contribution in [1.29, 1.82) is 0 Å². The molecule has 8 heteroatoms. The molecule has 0 fully saturated rings. The van der Waals surface area contributed by atoms with Gasteiger partial charge in [-0.15, -0.1) is 6.58 Å². The summed E-state index contributed by atoms with van der Waals surface area (Å²) < 4.78 is 87.6. The minimum absolute atomic E-state index is 0.449. The van der Waals surface area contributed by atoms with Crippen molar-refractivity contribution >= 4 is 8.07 Å². The van der Waals surface area contributed by atoms with E-state index in [0.29, 0.717) is 5.70 Å². The second-order valence-electron chi connectivity index (χ2n) is 3.62. The summed E-state index contributed by atoms with van der Waals surface area (Å²) in [4.78, 5) is 0. The Morgan fingerprint density at radius 1 is 1.06 bits per heavy atom. The van der Waals surface area contributed by atoms with Crippen LogP contribution in [0.15, 0.2) is 12.3 Å². The zero-order valence-electron chi connectivity index (χ0n) is 8.64. The molecule has 0 aliphatic heterocycles. The van der Waals surface area contributed by atoms with E-state index in [9.17, 15) is 30.7 Å². The first-order chi connectivity index (χ1) is 6.87. The van der Waals surface area contributed by atoms with Gasteiger partial charge in [-0.2, -0.15) is 22.0 Å². The predicted molar refractivity (Wildman–Crippen MR) is 48.2 cm³/mol. The summed E-state index contributed by atoms with van der Waals surface area (Å²) in [5, 5.41) is 0. The van der Waals surface area contributed by atoms with Crippen molar-refractivity contribution in [2.24, 2.45) is 0 Å². The first-order valence-corrected chi connectivity index (χ1v) is 7.11. The van der Waals surface area contributed by atoms with Gasteiger partial charge in [0.15, 0.2) is 8.07 Å². The maximum Gasteiger partial charge on any atom is 0.459 e. The minimum atomic E-state index is -6.26. The van der Waals surface area contributed by atoms with Crippen molar-refractivity contribution in [2.45, 2.75) is 37.2 Å². The lowest BCUT2D eigenvalue weighted by Crippen LogP contribution is -2.64. The lowest BCUT2D eigenvalue weighted by Gasteiger charge is -2.37. The van der Waals surface area contributed by atoms with Gasteiger partial charge < -0.3 is 0 Å². The van der Waals surface area contributed by atoms with Gasteiger partial charge >= 0.3 is 17.6 Å². The Kier molecular flexibility index (Phi) is 3.91. The Balaban J connectivity index is 5.60. The molecular formula is C8H11F7Si. The molecule has 0 spiro atoms. The Bertz CT molecular complexity index is 270. The number of rotatable bonds is 4. The van der Waals surface area contributed by atoms with Gasteiger partial charge in [0.2, 0.25) is 0 Å². The van der Waals surface area contributed by atoms with Crippen LogP contribution < -0.4 is 0 Å². The van der Waals surface area contributed by atoms with Crippen LogP contribution in [0.3, 0.4) is 0 Å². The molecule has 0 aromatic rings. The van der Waals surface area contributed by atoms with Gasteiger partial charge in [-0.25, -0.2) is 8.78 Å². The maximum absolute atomic E-state index is 13.3. The second-order valence-corrected chi connectivity index (χ2v) is 8.20. The van der Waals surface area contributed by atoms with E-state index in [1.165, 1.54) is 0 Å². The van der Waals surface area contributed by atoms with Crippen molar-refractivity contribution in [2.75, 3.05) is 0 Å². The summed E-state index contributed by atoms with van der Waals surface area (Å²) in [6.45, 7) is 4.84. The standard InChI is InChI=1S/C8H11F7Si/c1-4-16(3,5-2)8(14,15)6(9,10)7(11,12)13/h4H,1,5H2,2-3H3. The van der Waals surface area contributed by atoms with Crippen molar-refractivity contribution in [3.8, 4) is 0 Å². The van der Waals surface area contributed by atoms with E-state index in [1.807, 2.05) is 0 Å². The third-order valence-corrected chi connectivity index (χ3v) is 6.77. The summed E-state index contributed by atoms with van der Waals surface area (Å²) in [5.74, 6) is -6.02. The van der Waals surface area contributed by atoms with Crippen LogP contribution in [-0.2, 0) is 0 Å². The fourth-order valence-electron chi connectivity index (χ4n) is 1.03. The molecule has 16 heavy (non-hydrogen) atoms. The second kappa shape index (κ2) is 4.05. The molecule has 0 rings (SSSR count). The average Bonchev–Trinajstić information content (AvgIpc) is 2.14. The van der Waals surface area contributed by atoms with Crippen molar-refractivity contribution in [1.82, 2.24) is 0 Å². The molecule has 1 unspecified atom stereocenters. The molecule has 0 aromatic heterocycles. The first kappa shape index (κ1) is 15.5. The molecule has 0 aliphatic rings. The molecule has 0 amide bonds. The van der Waals surface area contributed by atoms with Gasteiger partial charge in [-0.3, -0.25) is 0 Å². The van der Waals surface area contributed by atoms with Crippen LogP contribution in [0.25, 0.3) is 0 Å². The lowest BCUT2D eigenvalue weighted by molar-refractivity contribution is -0.335. The fourth-order valence-corrected chi connectivity index (χ4v) is 2.88. The Morgan fingerprint density at radius 3 is 1.62 bits per heavy atom. The fraction of sp³-hybridized carbons (Fsp3) is 0.750. The quantitative estimate of drug-likeness (QED) is 0.530. The molecule has 0 saturated heterocycles. The molecule has 0 bridgehead atoms. The normalized spacial score (nSPS) is 18.1. The third kappa shape index (κ3) is 1.99. The monoisotopic (exact) mass is 268 g/mol. The summed E-state index contributed by atoms with van der Waals surface area (Å²) in [6, 6.07) is -0.449. The average molecular weight is 268 g/mol. The topological polar surface area (TPSA) is 0 Å². The van der Waals surface area contributed by atoms with Crippen LogP contribution in [-0.4, -0.2) is 25.7 Å². The highest BCUT2D eigenvalue weighted by Gasteiger charge is 2.77. The van der Waals surface area contributed by atoms with Crippen LogP contribution in [0.4, 0.5) is 30.7 Å². The van der Waals surface area contributed by atoms with E-state index in [-0.39, 0.29) is 0 Å². The van der Waals surface area contributed by atoms with E-state index >= 15 is 0 Å². The van der Waals surface area contributed by atoms with Crippen LogP contribution in [0.5, 0.6) is 0 Å². The molecule has 0 radical (unpaired) electrons. The molecule has 0 heterocycles. The largest absolute Gasteiger partial charge is 0.459 e. The number of hydrogen-bond donors (Lipinski definition) is 0. The number of hydrogen-bond acceptors (Lipinski definition) is 0. The SMILES string of the molecule is C=C[Si](C)(CC)C(F)(F)C(F)(F)C(F)(F)F. The van der Waals surface area contributed by atoms with Gasteiger partial charge in [0.05, 0.1) is 0 Å². The maximum atomic E-state index is 13.3. The van der Waals surface area contributed by atoms with Crippen LogP contribution in [0.2, 0.25) is 12.6 Å². The van der Waals surface area contributed by atoms with Gasteiger partial charge in [0.25, 0.3) is 0 Å². The Labute approximate surface area is 89.1 Å². The van der Waals surface area contributed by atoms with E-state index in [2.05, 4.69) is 6.58 Å². The number of halogens is 7. The van der Waals surface area contributed by atoms with Gasteiger partial charge in [0, 0.05) is 0 Å². The Morgan fingerprint density at radius 2 is 1.44 bits per heavy atom. The summed E-state index contributed by atoms with van der Waals surface area (Å²) >= 11 is 0. The van der Waals surface area contributed by atoms with Crippen molar-refractivity contribution in [3.05, 3.63) is 12.3 Å². The van der Waals surface area contributed by atoms with E-state index in [1.54, 1.807) is 0 Å². The molecule has 0 aromatic carbocycles. The van der Waals surface area contributed by atoms with Gasteiger partial charge in [-0.05, 0) is 0 Å². The summed E-state index contributed by atoms with van der Waals surface area (Å²) in [5.41, 5.74) is -4.54. The molecular weight excluding hydrogens is 257 g/mol. The molecule has 96 valence electrons. The highest BCUT2D eigenvalue weighted by atomic mass is 28.3. The van der Waals surface area contributed by atoms with Gasteiger partial charge in [0.1, 0.15) is 0 Å². The Hall–Kier alpha value is -0.533. The molecule has 0 N–H and O–H groups in total. The minimum Gasteiger partial charge on any atom is -0.204 e. The van der Waals surface area contributed by atoms with Gasteiger partial charge in [-0.1, -0.05) is 25.2 Å². The van der Waals surface area contributed by atoms with Crippen molar-refractivity contribution in [3.63, 3.8) is 0 Å². The smallest absolute Gasteiger partial charge is 0.204 e. The lowest BCUT2D eigenvalue weighted by atomic mass is 10.3. The zero-order chi connectivity index (χ0) is 13.4. The summed E-state index contributed by atoms with van der Waals surface area (Å²) in [6.07, 6.45) is -6.26. The van der Waals surface area contributed by atoms with E-state index < -0.39 is 31.8 Å². The zero-order valence-corrected chi connectivity index (χ0v) is 9.64. The van der Waals surface area contributed by atoms with E-state index in [0.717, 1.165) is 13.5 Å². The first-order valence-electron chi connectivity index (χ1n) is 4.33. The van der Waals surface area contributed by atoms with Crippen molar-refractivity contribution < 1.29 is 30.7 Å². The van der Waals surface area contributed by atoms with Crippen LogP contribution in [0.1, 0.15) is 6.92 Å². The third-order valence-electron chi connectivity index (χ3n) is 2.65. The summed E-state index contributed by atoms with van der Waals surface area (Å²) in [7, 11) is -4.21. The van der Waals surface area contributed by atoms with Crippen LogP contribution in [0, 0.1) is 0 Å². The number of alkyl halides is 7.